The van der Waals surface area contributed by atoms with E-state index in [-0.39, 0.29) is 34.6 Å². The van der Waals surface area contributed by atoms with Crippen molar-refractivity contribution in [3.63, 3.8) is 0 Å². The third kappa shape index (κ3) is 7.07. The van der Waals surface area contributed by atoms with Crippen molar-refractivity contribution >= 4 is 47.6 Å². The van der Waals surface area contributed by atoms with Gasteiger partial charge in [0.05, 0.1) is 6.54 Å². The van der Waals surface area contributed by atoms with Gasteiger partial charge in [-0.1, -0.05) is 0 Å². The molecule has 23 heavy (non-hydrogen) atoms. The Bertz CT molecular complexity index is 394. The molecule has 1 amide bonds. The average Bonchev–Trinajstić information content (AvgIpc) is 3.16. The van der Waals surface area contributed by atoms with Gasteiger partial charge in [0.15, 0.2) is 5.96 Å². The van der Waals surface area contributed by atoms with Gasteiger partial charge in [0.1, 0.15) is 0 Å². The summed E-state index contributed by atoms with van der Waals surface area (Å²) in [4.78, 5) is 18.7. The maximum absolute atomic E-state index is 12.0. The summed E-state index contributed by atoms with van der Waals surface area (Å²) in [5.41, 5.74) is 0. The first-order chi connectivity index (χ1) is 10.6. The van der Waals surface area contributed by atoms with Crippen molar-refractivity contribution in [3.05, 3.63) is 0 Å². The molecule has 0 bridgehead atoms. The number of likely N-dealkylation sites (tertiary alicyclic amines) is 1. The van der Waals surface area contributed by atoms with Gasteiger partial charge >= 0.3 is 0 Å². The van der Waals surface area contributed by atoms with Crippen LogP contribution in [-0.2, 0) is 4.79 Å². The summed E-state index contributed by atoms with van der Waals surface area (Å²) < 4.78 is 0.285. The van der Waals surface area contributed by atoms with Crippen molar-refractivity contribution in [2.24, 2.45) is 4.99 Å². The van der Waals surface area contributed by atoms with Gasteiger partial charge in [0.25, 0.3) is 0 Å². The van der Waals surface area contributed by atoms with Crippen molar-refractivity contribution in [2.75, 3.05) is 38.5 Å². The molecule has 2 aliphatic rings. The van der Waals surface area contributed by atoms with Gasteiger partial charge in [0, 0.05) is 37.3 Å². The zero-order valence-electron chi connectivity index (χ0n) is 14.4. The number of nitrogens with one attached hydrogen (secondary N) is 2. The number of carbonyl (C=O) groups excluding carboxylic acids is 1. The molecule has 0 aromatic heterocycles. The van der Waals surface area contributed by atoms with Gasteiger partial charge in [-0.15, -0.1) is 24.0 Å². The number of halogens is 1. The molecule has 0 saturated carbocycles. The largest absolute Gasteiger partial charge is 0.357 e. The van der Waals surface area contributed by atoms with Crippen LogP contribution in [0.5, 0.6) is 0 Å². The lowest BCUT2D eigenvalue weighted by molar-refractivity contribution is -0.129. The lowest BCUT2D eigenvalue weighted by Crippen LogP contribution is -2.40. The highest BCUT2D eigenvalue weighted by atomic mass is 127. The van der Waals surface area contributed by atoms with Crippen LogP contribution >= 0.6 is 35.7 Å². The first-order valence-corrected chi connectivity index (χ1v) is 9.55. The van der Waals surface area contributed by atoms with Crippen molar-refractivity contribution in [2.45, 2.75) is 50.7 Å². The molecule has 2 aliphatic heterocycles. The Labute approximate surface area is 161 Å². The molecule has 2 fully saturated rings. The third-order valence-corrected chi connectivity index (χ3v) is 5.83. The van der Waals surface area contributed by atoms with Crippen LogP contribution in [0.15, 0.2) is 4.99 Å². The Balaban J connectivity index is 0.00000264. The summed E-state index contributed by atoms with van der Waals surface area (Å²) >= 11 is 2.03. The minimum Gasteiger partial charge on any atom is -0.357 e. The number of aliphatic imine (C=N–C) groups is 1. The van der Waals surface area contributed by atoms with E-state index in [1.807, 2.05) is 16.7 Å². The molecular formula is C16H31IN4OS. The predicted octanol–water partition coefficient (Wildman–Crippen LogP) is 2.46. The fraction of sp³-hybridized carbons (Fsp3) is 0.875. The van der Waals surface area contributed by atoms with Gasteiger partial charge in [-0.2, -0.15) is 11.8 Å². The SMILES string of the molecule is CCNC(=NCC1(C)CCCS1)NCCC(=O)N1CCCC1.I. The molecule has 0 radical (unpaired) electrons. The highest BCUT2D eigenvalue weighted by Crippen LogP contribution is 2.37. The Morgan fingerprint density at radius 1 is 1.26 bits per heavy atom. The average molecular weight is 454 g/mol. The normalized spacial score (nSPS) is 24.4. The van der Waals surface area contributed by atoms with Crippen LogP contribution in [0.4, 0.5) is 0 Å². The fourth-order valence-corrected chi connectivity index (χ4v) is 4.19. The molecule has 2 rings (SSSR count). The number of guanidine groups is 1. The molecule has 7 heteroatoms. The lowest BCUT2D eigenvalue weighted by atomic mass is 10.1. The van der Waals surface area contributed by atoms with E-state index in [1.165, 1.54) is 18.6 Å². The van der Waals surface area contributed by atoms with Crippen LogP contribution in [0.3, 0.4) is 0 Å². The van der Waals surface area contributed by atoms with Crippen molar-refractivity contribution in [3.8, 4) is 0 Å². The molecule has 2 N–H and O–H groups in total. The Morgan fingerprint density at radius 3 is 2.61 bits per heavy atom. The number of nitrogens with zero attached hydrogens (tertiary/aromatic N) is 2. The quantitative estimate of drug-likeness (QED) is 0.368. The molecule has 2 saturated heterocycles. The topological polar surface area (TPSA) is 56.7 Å². The van der Waals surface area contributed by atoms with E-state index < -0.39 is 0 Å². The molecule has 0 spiro atoms. The number of hydrogen-bond acceptors (Lipinski definition) is 3. The van der Waals surface area contributed by atoms with Crippen LogP contribution in [-0.4, -0.2) is 60.0 Å². The molecule has 134 valence electrons. The van der Waals surface area contributed by atoms with Crippen molar-refractivity contribution in [1.29, 1.82) is 0 Å². The summed E-state index contributed by atoms with van der Waals surface area (Å²) in [5, 5.41) is 6.57. The molecule has 2 heterocycles. The third-order valence-electron chi connectivity index (χ3n) is 4.31. The van der Waals surface area contributed by atoms with E-state index in [1.54, 1.807) is 0 Å². The fourth-order valence-electron chi connectivity index (χ4n) is 2.96. The standard InChI is InChI=1S/C16H30N4OS.HI/c1-3-17-15(19-13-16(2)8-6-12-22-16)18-9-7-14(21)20-10-4-5-11-20;/h3-13H2,1-2H3,(H2,17,18,19);1H. The highest BCUT2D eigenvalue weighted by molar-refractivity contribution is 14.0. The van der Waals surface area contributed by atoms with E-state index in [2.05, 4.69) is 24.5 Å². The first kappa shape index (κ1) is 20.9. The smallest absolute Gasteiger partial charge is 0.224 e. The predicted molar refractivity (Wildman–Crippen MR) is 110 cm³/mol. The van der Waals surface area contributed by atoms with Gasteiger partial charge < -0.3 is 15.5 Å². The summed E-state index contributed by atoms with van der Waals surface area (Å²) in [6, 6.07) is 0. The van der Waals surface area contributed by atoms with Crippen LogP contribution < -0.4 is 10.6 Å². The van der Waals surface area contributed by atoms with E-state index in [0.29, 0.717) is 13.0 Å². The molecule has 1 atom stereocenters. The minimum absolute atomic E-state index is 0. The summed E-state index contributed by atoms with van der Waals surface area (Å²) in [7, 11) is 0. The van der Waals surface area contributed by atoms with Gasteiger partial charge in [-0.3, -0.25) is 9.79 Å². The Morgan fingerprint density at radius 2 is 2.00 bits per heavy atom. The second-order valence-corrected chi connectivity index (χ2v) is 8.04. The van der Waals surface area contributed by atoms with Gasteiger partial charge in [-0.25, -0.2) is 0 Å². The van der Waals surface area contributed by atoms with Crippen LogP contribution in [0.1, 0.15) is 46.0 Å². The molecule has 0 aromatic carbocycles. The number of thioether (sulfide) groups is 1. The monoisotopic (exact) mass is 454 g/mol. The number of rotatable bonds is 6. The molecule has 1 unspecified atom stereocenters. The van der Waals surface area contributed by atoms with Crippen LogP contribution in [0.25, 0.3) is 0 Å². The maximum Gasteiger partial charge on any atom is 0.224 e. The summed E-state index contributed by atoms with van der Waals surface area (Å²) in [5.74, 6) is 2.35. The lowest BCUT2D eigenvalue weighted by Gasteiger charge is -2.21. The second-order valence-electron chi connectivity index (χ2n) is 6.36. The highest BCUT2D eigenvalue weighted by Gasteiger charge is 2.29. The molecule has 0 aliphatic carbocycles. The maximum atomic E-state index is 12.0. The van der Waals surface area contributed by atoms with E-state index in [0.717, 1.165) is 45.0 Å². The van der Waals surface area contributed by atoms with Gasteiger partial charge in [0.2, 0.25) is 5.91 Å². The zero-order chi connectivity index (χ0) is 15.8. The Kier molecular flexibility index (Phi) is 9.65. The number of hydrogen-bond donors (Lipinski definition) is 2. The van der Waals surface area contributed by atoms with E-state index in [4.69, 9.17) is 4.99 Å². The van der Waals surface area contributed by atoms with Crippen LogP contribution in [0, 0.1) is 0 Å². The number of amides is 1. The van der Waals surface area contributed by atoms with Crippen LogP contribution in [0.2, 0.25) is 0 Å². The first-order valence-electron chi connectivity index (χ1n) is 8.57. The summed E-state index contributed by atoms with van der Waals surface area (Å²) in [6.45, 7) is 8.58. The number of carbonyl (C=O) groups is 1. The zero-order valence-corrected chi connectivity index (χ0v) is 17.5. The van der Waals surface area contributed by atoms with Crippen molar-refractivity contribution in [1.82, 2.24) is 15.5 Å². The second kappa shape index (κ2) is 10.6. The molecule has 5 nitrogen and oxygen atoms in total. The van der Waals surface area contributed by atoms with E-state index >= 15 is 0 Å². The minimum atomic E-state index is 0. The molecular weight excluding hydrogens is 423 g/mol. The summed E-state index contributed by atoms with van der Waals surface area (Å²) in [6.07, 6.45) is 5.40. The van der Waals surface area contributed by atoms with Crippen molar-refractivity contribution < 1.29 is 4.79 Å². The molecule has 0 aromatic rings. The Hall–Kier alpha value is -0.180. The van der Waals surface area contributed by atoms with E-state index in [9.17, 15) is 4.79 Å². The van der Waals surface area contributed by atoms with Gasteiger partial charge in [-0.05, 0) is 45.3 Å².